The van der Waals surface area contributed by atoms with Gasteiger partial charge in [0.2, 0.25) is 0 Å². The minimum atomic E-state index is -0.982. The summed E-state index contributed by atoms with van der Waals surface area (Å²) in [5.41, 5.74) is 0.804. The number of ether oxygens (including phenoxy) is 1. The number of esters is 1. The van der Waals surface area contributed by atoms with Crippen LogP contribution in [0.2, 0.25) is 0 Å². The third-order valence-corrected chi connectivity index (χ3v) is 5.48. The predicted molar refractivity (Wildman–Crippen MR) is 93.9 cm³/mol. The van der Waals surface area contributed by atoms with Crippen molar-refractivity contribution in [1.82, 2.24) is 0 Å². The van der Waals surface area contributed by atoms with Gasteiger partial charge in [0.25, 0.3) is 5.91 Å². The molecule has 1 N–H and O–H groups in total. The van der Waals surface area contributed by atoms with E-state index >= 15 is 0 Å². The Labute approximate surface area is 152 Å². The zero-order valence-corrected chi connectivity index (χ0v) is 15.1. The number of halogens is 1. The number of aryl methyl sites for hydroxylation is 1. The van der Waals surface area contributed by atoms with Crippen LogP contribution >= 0.6 is 0 Å². The fraction of sp³-hybridized carbons (Fsp3) is 0.550. The molecule has 0 heterocycles. The molecular formula is C20H24FNO4. The lowest BCUT2D eigenvalue weighted by molar-refractivity contribution is -0.161. The number of ketones is 1. The minimum Gasteiger partial charge on any atom is -0.452 e. The van der Waals surface area contributed by atoms with E-state index < -0.39 is 23.8 Å². The summed E-state index contributed by atoms with van der Waals surface area (Å²) in [7, 11) is 0. The van der Waals surface area contributed by atoms with E-state index in [9.17, 15) is 18.8 Å². The van der Waals surface area contributed by atoms with Gasteiger partial charge in [0.15, 0.2) is 6.10 Å². The number of Topliss-reactive ketones (excluding diaryl/α,β-unsaturated/α-hetero) is 1. The van der Waals surface area contributed by atoms with Gasteiger partial charge in [-0.3, -0.25) is 14.4 Å². The summed E-state index contributed by atoms with van der Waals surface area (Å²) in [5, 5.41) is 2.55. The van der Waals surface area contributed by atoms with Gasteiger partial charge < -0.3 is 10.1 Å². The van der Waals surface area contributed by atoms with Crippen LogP contribution in [-0.2, 0) is 19.1 Å². The molecule has 3 atom stereocenters. The van der Waals surface area contributed by atoms with Gasteiger partial charge in [-0.2, -0.15) is 0 Å². The molecule has 2 saturated carbocycles. The standard InChI is InChI=1S/C20H24FNO4/c1-11-6-7-16(10-17(11)21)22-19(24)12(2)26-20(25)15-8-13-4-3-5-14(9-15)18(13)23/h6-7,10,12-15H,3-5,8-9H2,1-2H3,(H,22,24). The highest BCUT2D eigenvalue weighted by atomic mass is 19.1. The molecule has 0 saturated heterocycles. The highest BCUT2D eigenvalue weighted by Crippen LogP contribution is 2.40. The summed E-state index contributed by atoms with van der Waals surface area (Å²) in [6.45, 7) is 3.13. The maximum atomic E-state index is 13.6. The van der Waals surface area contributed by atoms with Crippen LogP contribution in [0.3, 0.4) is 0 Å². The molecule has 3 rings (SSSR count). The number of carbonyl (C=O) groups is 3. The summed E-state index contributed by atoms with van der Waals surface area (Å²) in [5.74, 6) is -1.46. The molecule has 140 valence electrons. The molecule has 0 aliphatic heterocycles. The van der Waals surface area contributed by atoms with Crippen molar-refractivity contribution >= 4 is 23.3 Å². The first-order chi connectivity index (χ1) is 12.3. The second kappa shape index (κ2) is 7.56. The molecular weight excluding hydrogens is 337 g/mol. The summed E-state index contributed by atoms with van der Waals surface area (Å²) in [6, 6.07) is 4.40. The first kappa shape index (κ1) is 18.5. The van der Waals surface area contributed by atoms with Crippen LogP contribution in [0.4, 0.5) is 10.1 Å². The van der Waals surface area contributed by atoms with Crippen molar-refractivity contribution in [2.75, 3.05) is 5.32 Å². The molecule has 1 aromatic rings. The van der Waals surface area contributed by atoms with Crippen LogP contribution in [0.25, 0.3) is 0 Å². The molecule has 2 aliphatic rings. The second-order valence-corrected chi connectivity index (χ2v) is 7.43. The van der Waals surface area contributed by atoms with Crippen molar-refractivity contribution in [2.45, 2.75) is 52.1 Å². The van der Waals surface area contributed by atoms with Crippen LogP contribution in [-0.4, -0.2) is 23.8 Å². The fourth-order valence-electron chi connectivity index (χ4n) is 3.91. The van der Waals surface area contributed by atoms with Crippen molar-refractivity contribution in [1.29, 1.82) is 0 Å². The number of rotatable bonds is 4. The van der Waals surface area contributed by atoms with Crippen molar-refractivity contribution < 1.29 is 23.5 Å². The Kier molecular flexibility index (Phi) is 5.39. The number of benzene rings is 1. The van der Waals surface area contributed by atoms with Gasteiger partial charge in [0.1, 0.15) is 11.6 Å². The summed E-state index contributed by atoms with van der Waals surface area (Å²) >= 11 is 0. The number of nitrogens with one attached hydrogen (secondary N) is 1. The highest BCUT2D eigenvalue weighted by molar-refractivity contribution is 5.95. The maximum Gasteiger partial charge on any atom is 0.309 e. The van der Waals surface area contributed by atoms with Gasteiger partial charge >= 0.3 is 5.97 Å². The van der Waals surface area contributed by atoms with Crippen molar-refractivity contribution in [3.8, 4) is 0 Å². The molecule has 2 aliphatic carbocycles. The molecule has 6 heteroatoms. The molecule has 0 aromatic heterocycles. The van der Waals surface area contributed by atoms with Crippen LogP contribution in [0, 0.1) is 30.5 Å². The van der Waals surface area contributed by atoms with E-state index in [4.69, 9.17) is 4.74 Å². The number of hydrogen-bond donors (Lipinski definition) is 1. The quantitative estimate of drug-likeness (QED) is 0.834. The number of hydrogen-bond acceptors (Lipinski definition) is 4. The zero-order valence-electron chi connectivity index (χ0n) is 15.1. The first-order valence-electron chi connectivity index (χ1n) is 9.16. The molecule has 0 radical (unpaired) electrons. The van der Waals surface area contributed by atoms with Crippen LogP contribution < -0.4 is 5.32 Å². The third kappa shape index (κ3) is 3.94. The highest BCUT2D eigenvalue weighted by Gasteiger charge is 2.42. The van der Waals surface area contributed by atoms with Crippen molar-refractivity contribution in [3.63, 3.8) is 0 Å². The molecule has 26 heavy (non-hydrogen) atoms. The van der Waals surface area contributed by atoms with Gasteiger partial charge in [0.05, 0.1) is 5.92 Å². The van der Waals surface area contributed by atoms with E-state index in [1.54, 1.807) is 19.1 Å². The molecule has 2 bridgehead atoms. The van der Waals surface area contributed by atoms with E-state index in [0.29, 0.717) is 24.1 Å². The summed E-state index contributed by atoms with van der Waals surface area (Å²) < 4.78 is 18.9. The SMILES string of the molecule is Cc1ccc(NC(=O)C(C)OC(=O)C2CC3CCCC(C2)C3=O)cc1F. The van der Waals surface area contributed by atoms with Crippen LogP contribution in [0.1, 0.15) is 44.6 Å². The predicted octanol–water partition coefficient (Wildman–Crippen LogP) is 3.40. The zero-order chi connectivity index (χ0) is 18.8. The Morgan fingerprint density at radius 1 is 1.23 bits per heavy atom. The van der Waals surface area contributed by atoms with Crippen LogP contribution in [0.15, 0.2) is 18.2 Å². The number of fused-ring (bicyclic) bond motifs is 2. The lowest BCUT2D eigenvalue weighted by atomic mass is 9.67. The first-order valence-corrected chi connectivity index (χ1v) is 9.16. The van der Waals surface area contributed by atoms with Gasteiger partial charge in [-0.05, 0) is 57.2 Å². The molecule has 5 nitrogen and oxygen atoms in total. The van der Waals surface area contributed by atoms with E-state index in [2.05, 4.69) is 5.32 Å². The average molecular weight is 361 g/mol. The smallest absolute Gasteiger partial charge is 0.309 e. The average Bonchev–Trinajstić information content (AvgIpc) is 2.57. The Balaban J connectivity index is 1.56. The number of carbonyl (C=O) groups excluding carboxylic acids is 3. The molecule has 0 spiro atoms. The monoisotopic (exact) mass is 361 g/mol. The van der Waals surface area contributed by atoms with Gasteiger partial charge in [0, 0.05) is 17.5 Å². The Hall–Kier alpha value is -2.24. The van der Waals surface area contributed by atoms with Gasteiger partial charge in [-0.15, -0.1) is 0 Å². The number of anilines is 1. The van der Waals surface area contributed by atoms with Crippen molar-refractivity contribution in [2.24, 2.45) is 17.8 Å². The largest absolute Gasteiger partial charge is 0.452 e. The summed E-state index contributed by atoms with van der Waals surface area (Å²) in [6.07, 6.45) is 2.78. The van der Waals surface area contributed by atoms with E-state index in [1.807, 2.05) is 0 Å². The molecule has 1 amide bonds. The van der Waals surface area contributed by atoms with E-state index in [0.717, 1.165) is 19.3 Å². The molecule has 3 unspecified atom stereocenters. The van der Waals surface area contributed by atoms with Crippen molar-refractivity contribution in [3.05, 3.63) is 29.6 Å². The Morgan fingerprint density at radius 2 is 1.88 bits per heavy atom. The molecule has 2 fully saturated rings. The third-order valence-electron chi connectivity index (χ3n) is 5.48. The molecule has 1 aromatic carbocycles. The fourth-order valence-corrected chi connectivity index (χ4v) is 3.91. The number of amides is 1. The Bertz CT molecular complexity index is 717. The van der Waals surface area contributed by atoms with E-state index in [1.165, 1.54) is 13.0 Å². The lowest BCUT2D eigenvalue weighted by Gasteiger charge is -2.36. The summed E-state index contributed by atoms with van der Waals surface area (Å²) in [4.78, 5) is 36.8. The normalized spacial score (nSPS) is 26.1. The van der Waals surface area contributed by atoms with Gasteiger partial charge in [-0.25, -0.2) is 4.39 Å². The van der Waals surface area contributed by atoms with Gasteiger partial charge in [-0.1, -0.05) is 12.5 Å². The van der Waals surface area contributed by atoms with E-state index in [-0.39, 0.29) is 23.5 Å². The van der Waals surface area contributed by atoms with Crippen LogP contribution in [0.5, 0.6) is 0 Å². The maximum absolute atomic E-state index is 13.6. The topological polar surface area (TPSA) is 72.5 Å². The minimum absolute atomic E-state index is 0.0419. The lowest BCUT2D eigenvalue weighted by Crippen LogP contribution is -2.41. The second-order valence-electron chi connectivity index (χ2n) is 7.43. The Morgan fingerprint density at radius 3 is 2.50 bits per heavy atom.